The molecule has 0 heterocycles. The summed E-state index contributed by atoms with van der Waals surface area (Å²) in [6.07, 6.45) is 6.34. The molecule has 2 rings (SSSR count). The molecule has 0 radical (unpaired) electrons. The van der Waals surface area contributed by atoms with E-state index in [1.807, 2.05) is 0 Å². The van der Waals surface area contributed by atoms with Crippen LogP contribution >= 0.6 is 0 Å². The number of hydrogen-bond acceptors (Lipinski definition) is 3. The Hall–Kier alpha value is -1.20. The third-order valence-corrected chi connectivity index (χ3v) is 4.75. The van der Waals surface area contributed by atoms with Crippen LogP contribution in [0.4, 0.5) is 8.78 Å². The first-order chi connectivity index (χ1) is 12.2. The quantitative estimate of drug-likeness (QED) is 0.538. The van der Waals surface area contributed by atoms with Gasteiger partial charge in [-0.05, 0) is 62.5 Å². The van der Waals surface area contributed by atoms with Gasteiger partial charge in [-0.25, -0.2) is 4.39 Å². The van der Waals surface area contributed by atoms with E-state index in [2.05, 4.69) is 6.92 Å². The highest BCUT2D eigenvalue weighted by molar-refractivity contribution is 5.33. The van der Waals surface area contributed by atoms with Crippen LogP contribution in [0.5, 0.6) is 5.75 Å². The highest BCUT2D eigenvalue weighted by Gasteiger charge is 2.26. The molecule has 1 fully saturated rings. The van der Waals surface area contributed by atoms with Gasteiger partial charge in [0.1, 0.15) is 0 Å². The molecule has 142 valence electrons. The molecule has 0 N–H and O–H groups in total. The van der Waals surface area contributed by atoms with Gasteiger partial charge in [-0.2, -0.15) is 4.39 Å². The first kappa shape index (κ1) is 20.1. The molecule has 0 bridgehead atoms. The predicted molar refractivity (Wildman–Crippen MR) is 94.2 cm³/mol. The first-order valence-corrected chi connectivity index (χ1v) is 9.38. The van der Waals surface area contributed by atoms with Gasteiger partial charge >= 0.3 is 0 Å². The Morgan fingerprint density at radius 3 is 2.36 bits per heavy atom. The van der Waals surface area contributed by atoms with E-state index in [1.54, 1.807) is 19.2 Å². The first-order valence-electron chi connectivity index (χ1n) is 9.38. The zero-order valence-electron chi connectivity index (χ0n) is 15.4. The van der Waals surface area contributed by atoms with Gasteiger partial charge in [0, 0.05) is 20.3 Å². The molecule has 3 nitrogen and oxygen atoms in total. The molecular weight excluding hydrogens is 326 g/mol. The highest BCUT2D eigenvalue weighted by Crippen LogP contribution is 2.37. The van der Waals surface area contributed by atoms with Crippen molar-refractivity contribution in [2.24, 2.45) is 0 Å². The lowest BCUT2D eigenvalue weighted by atomic mass is 9.82. The van der Waals surface area contributed by atoms with Crippen molar-refractivity contribution in [3.8, 4) is 5.75 Å². The topological polar surface area (TPSA) is 27.7 Å². The predicted octanol–water partition coefficient (Wildman–Crippen LogP) is 5.22. The van der Waals surface area contributed by atoms with E-state index in [4.69, 9.17) is 14.2 Å². The van der Waals surface area contributed by atoms with Gasteiger partial charge in [-0.1, -0.05) is 13.0 Å². The Morgan fingerprint density at radius 2 is 1.68 bits per heavy atom. The van der Waals surface area contributed by atoms with Crippen LogP contribution in [-0.2, 0) is 9.47 Å². The van der Waals surface area contributed by atoms with E-state index in [0.29, 0.717) is 18.8 Å². The minimum Gasteiger partial charge on any atom is -0.490 e. The summed E-state index contributed by atoms with van der Waals surface area (Å²) in [6, 6.07) is 3.24. The summed E-state index contributed by atoms with van der Waals surface area (Å²) in [5, 5.41) is 0. The second kappa shape index (κ2) is 10.7. The average molecular weight is 356 g/mol. The maximum absolute atomic E-state index is 14.5. The van der Waals surface area contributed by atoms with Crippen LogP contribution in [-0.4, -0.2) is 33.0 Å². The maximum atomic E-state index is 14.5. The molecule has 0 amide bonds. The summed E-state index contributed by atoms with van der Waals surface area (Å²) in [6.45, 7) is 3.86. The fourth-order valence-electron chi connectivity index (χ4n) is 3.33. The summed E-state index contributed by atoms with van der Waals surface area (Å²) in [7, 11) is 1.64. The number of ether oxygens (including phenoxy) is 3. The van der Waals surface area contributed by atoms with Gasteiger partial charge in [0.2, 0.25) is 5.82 Å². The van der Waals surface area contributed by atoms with E-state index < -0.39 is 11.6 Å². The molecule has 25 heavy (non-hydrogen) atoms. The Balaban J connectivity index is 1.89. The lowest BCUT2D eigenvalue weighted by molar-refractivity contribution is 0.0248. The van der Waals surface area contributed by atoms with Gasteiger partial charge in [0.05, 0.1) is 12.7 Å². The molecule has 1 aromatic carbocycles. The van der Waals surface area contributed by atoms with Gasteiger partial charge < -0.3 is 14.2 Å². The molecule has 1 aromatic rings. The Labute approximate surface area is 149 Å². The molecule has 0 aromatic heterocycles. The molecule has 0 unspecified atom stereocenters. The van der Waals surface area contributed by atoms with Gasteiger partial charge in [0.25, 0.3) is 0 Å². The van der Waals surface area contributed by atoms with Crippen molar-refractivity contribution in [2.45, 2.75) is 63.9 Å². The minimum absolute atomic E-state index is 0.00127. The van der Waals surface area contributed by atoms with E-state index in [-0.39, 0.29) is 17.8 Å². The lowest BCUT2D eigenvalue weighted by Crippen LogP contribution is -2.21. The second-order valence-electron chi connectivity index (χ2n) is 6.67. The van der Waals surface area contributed by atoms with Crippen molar-refractivity contribution in [3.05, 3.63) is 29.3 Å². The number of methoxy groups -OCH3 is 1. The van der Waals surface area contributed by atoms with E-state index >= 15 is 0 Å². The van der Waals surface area contributed by atoms with Crippen molar-refractivity contribution in [1.82, 2.24) is 0 Å². The largest absolute Gasteiger partial charge is 0.490 e. The number of hydrogen-bond donors (Lipinski definition) is 0. The highest BCUT2D eigenvalue weighted by atomic mass is 19.2. The Bertz CT molecular complexity index is 514. The minimum atomic E-state index is -0.867. The van der Waals surface area contributed by atoms with Crippen LogP contribution in [0.25, 0.3) is 0 Å². The maximum Gasteiger partial charge on any atom is 0.200 e. The molecule has 0 spiro atoms. The number of rotatable bonds is 10. The van der Waals surface area contributed by atoms with E-state index in [9.17, 15) is 8.78 Å². The smallest absolute Gasteiger partial charge is 0.200 e. The zero-order chi connectivity index (χ0) is 18.1. The fraction of sp³-hybridized carbons (Fsp3) is 0.700. The number of halogens is 2. The molecular formula is C20H30F2O3. The van der Waals surface area contributed by atoms with Crippen molar-refractivity contribution in [1.29, 1.82) is 0 Å². The third kappa shape index (κ3) is 5.93. The van der Waals surface area contributed by atoms with Gasteiger partial charge in [-0.3, -0.25) is 0 Å². The summed E-state index contributed by atoms with van der Waals surface area (Å²) in [4.78, 5) is 0. The number of benzene rings is 1. The lowest BCUT2D eigenvalue weighted by Gasteiger charge is -2.29. The van der Waals surface area contributed by atoms with Crippen molar-refractivity contribution in [3.63, 3.8) is 0 Å². The molecule has 0 saturated heterocycles. The number of unbranched alkanes of at least 4 members (excludes halogenated alkanes) is 1. The molecule has 1 aliphatic rings. The summed E-state index contributed by atoms with van der Waals surface area (Å²) < 4.78 is 44.8. The molecule has 1 saturated carbocycles. The van der Waals surface area contributed by atoms with Crippen molar-refractivity contribution >= 4 is 0 Å². The second-order valence-corrected chi connectivity index (χ2v) is 6.67. The molecule has 1 aliphatic carbocycles. The van der Waals surface area contributed by atoms with Crippen LogP contribution in [0.2, 0.25) is 0 Å². The SMILES string of the molecule is CCCOC1CCC(c2ccc(OCCCCOC)c(F)c2F)CC1. The van der Waals surface area contributed by atoms with Crippen LogP contribution in [0, 0.1) is 11.6 Å². The average Bonchev–Trinajstić information content (AvgIpc) is 2.64. The van der Waals surface area contributed by atoms with Gasteiger partial charge in [-0.15, -0.1) is 0 Å². The Kier molecular flexibility index (Phi) is 8.62. The fourth-order valence-corrected chi connectivity index (χ4v) is 3.33. The zero-order valence-corrected chi connectivity index (χ0v) is 15.4. The monoisotopic (exact) mass is 356 g/mol. The normalized spacial score (nSPS) is 20.6. The Morgan fingerprint density at radius 1 is 0.960 bits per heavy atom. The van der Waals surface area contributed by atoms with Crippen LogP contribution in [0.3, 0.4) is 0 Å². The summed E-state index contributed by atoms with van der Waals surface area (Å²) in [5.74, 6) is -1.56. The van der Waals surface area contributed by atoms with Crippen molar-refractivity contribution < 1.29 is 23.0 Å². The van der Waals surface area contributed by atoms with Gasteiger partial charge in [0.15, 0.2) is 11.6 Å². The van der Waals surface area contributed by atoms with Crippen molar-refractivity contribution in [2.75, 3.05) is 26.9 Å². The third-order valence-electron chi connectivity index (χ3n) is 4.75. The van der Waals surface area contributed by atoms with E-state index in [0.717, 1.165) is 51.6 Å². The van der Waals surface area contributed by atoms with E-state index in [1.165, 1.54) is 0 Å². The van der Waals surface area contributed by atoms with Crippen LogP contribution < -0.4 is 4.74 Å². The standard InChI is InChI=1S/C20H30F2O3/c1-3-12-24-16-8-6-15(7-9-16)17-10-11-18(20(22)19(17)21)25-14-5-4-13-23-2/h10-11,15-16H,3-9,12-14H2,1-2H3. The summed E-state index contributed by atoms with van der Waals surface area (Å²) in [5.41, 5.74) is 0.471. The molecule has 0 aliphatic heterocycles. The van der Waals surface area contributed by atoms with Crippen LogP contribution in [0.15, 0.2) is 12.1 Å². The molecule has 0 atom stereocenters. The van der Waals surface area contributed by atoms with Crippen LogP contribution in [0.1, 0.15) is 63.4 Å². The molecule has 5 heteroatoms. The summed E-state index contributed by atoms with van der Waals surface area (Å²) >= 11 is 0.